The van der Waals surface area contributed by atoms with Crippen LogP contribution in [0.15, 0.2) is 36.0 Å². The molecule has 0 aromatic heterocycles. The number of carbonyl (C=O) groups excluding carboxylic acids is 14. The van der Waals surface area contributed by atoms with E-state index in [1.807, 2.05) is 26.0 Å². The summed E-state index contributed by atoms with van der Waals surface area (Å²) >= 11 is 2.13. The van der Waals surface area contributed by atoms with E-state index < -0.39 is 203 Å². The molecular weight excluding hydrogens is 1480 g/mol. The van der Waals surface area contributed by atoms with Crippen LogP contribution in [0.5, 0.6) is 0 Å². The molecule has 2 heterocycles. The van der Waals surface area contributed by atoms with Gasteiger partial charge in [0.15, 0.2) is 0 Å². The van der Waals surface area contributed by atoms with Crippen molar-refractivity contribution in [2.45, 2.75) is 280 Å². The summed E-state index contributed by atoms with van der Waals surface area (Å²) in [6, 6.07) is -9.27. The van der Waals surface area contributed by atoms with Gasteiger partial charge in [-0.2, -0.15) is 0 Å². The summed E-state index contributed by atoms with van der Waals surface area (Å²) in [5, 5.41) is 43.2. The van der Waals surface area contributed by atoms with Gasteiger partial charge in [0.2, 0.25) is 70.9 Å². The lowest BCUT2D eigenvalue weighted by atomic mass is 9.95. The number of ether oxygens (including phenoxy) is 1. The van der Waals surface area contributed by atoms with Gasteiger partial charge in [0, 0.05) is 23.0 Å². The Hall–Kier alpha value is -7.81. The third-order valence-corrected chi connectivity index (χ3v) is 20.4. The summed E-state index contributed by atoms with van der Waals surface area (Å²) in [7, 11) is 0. The largest absolute Gasteiger partial charge is 0.458 e. The van der Waals surface area contributed by atoms with Gasteiger partial charge in [-0.3, -0.25) is 62.3 Å². The number of aliphatic hydroxyl groups is 1. The second kappa shape index (κ2) is 44.5. The van der Waals surface area contributed by atoms with Crippen molar-refractivity contribution in [3.05, 3.63) is 45.2 Å². The van der Waals surface area contributed by atoms with Crippen molar-refractivity contribution in [3.63, 3.8) is 0 Å². The molecule has 13 amide bonds. The lowest BCUT2D eigenvalue weighted by Crippen LogP contribution is -2.64. The van der Waals surface area contributed by atoms with E-state index in [1.54, 1.807) is 109 Å². The van der Waals surface area contributed by atoms with Gasteiger partial charge in [0.1, 0.15) is 84.3 Å². The Morgan fingerprint density at radius 1 is 0.623 bits per heavy atom. The molecule has 0 bridgehead atoms. The maximum absolute atomic E-state index is 15.1. The number of rotatable bonds is 33. The maximum Gasteiger partial charge on any atom is 0.329 e. The van der Waals surface area contributed by atoms with Gasteiger partial charge in [-0.25, -0.2) is 4.79 Å². The molecule has 17 atom stereocenters. The van der Waals surface area contributed by atoms with Crippen LogP contribution in [-0.2, 0) is 78.3 Å². The molecule has 1 aromatic carbocycles. The number of carbonyl (C=O) groups is 14. The summed E-state index contributed by atoms with van der Waals surface area (Å²) in [6.07, 6.45) is 1.07. The number of likely N-dealkylation sites (tertiary alicyclic amines) is 1. The quantitative estimate of drug-likeness (QED) is 0.0273. The Morgan fingerprint density at radius 2 is 1.16 bits per heavy atom. The number of nitrogens with zero attached hydrogens (tertiary/aromatic N) is 1. The van der Waals surface area contributed by atoms with Gasteiger partial charge in [0.25, 0.3) is 5.91 Å². The fourth-order valence-corrected chi connectivity index (χ4v) is 12.4. The highest BCUT2D eigenvalue weighted by atomic mass is 127. The summed E-state index contributed by atoms with van der Waals surface area (Å²) in [6.45, 7) is 31.7. The molecule has 0 saturated carbocycles. The molecule has 0 spiro atoms. The number of nitrogens with one attached hydrogen (secondary N) is 12. The Kier molecular flexibility index (Phi) is 38.8. The number of esters is 1. The zero-order chi connectivity index (χ0) is 80.3. The fourth-order valence-electron chi connectivity index (χ4n) is 12.1. The highest BCUT2D eigenvalue weighted by Crippen LogP contribution is 2.23. The van der Waals surface area contributed by atoms with Crippen LogP contribution in [0.1, 0.15) is 195 Å². The lowest BCUT2D eigenvalue weighted by molar-refractivity contribution is -0.157. The molecule has 106 heavy (non-hydrogen) atoms. The van der Waals surface area contributed by atoms with Gasteiger partial charge in [-0.05, 0) is 147 Å². The SMILES string of the molecule is C/C=C1\NC(=O)[C@H](Cc2ccc(I)cc2)NC(=O)[C@@H](C(C)C)NC(=O)[C@@H]([C@H](C)CC)NC(=O)[C@H](NC(=O)[C@H](NC(=O)[C@H](CCCN)NC(=O)[C@H]2CCCN2C(=O)[C@H](NC(=O)[C@@H](NC(=O)[C@@H](NC(=O)[C@H](NC(=O)CC[C@@H](C)CC)C(C)C)[C@@H](C)O)C(C)C)C(C)C)[C@H](C)CC)[C@H](C)OC(=O)[C@H](C(C)C)NC1=O. The zero-order valence-electron chi connectivity index (χ0n) is 65.5. The van der Waals surface area contributed by atoms with Crippen molar-refractivity contribution >= 4 is 105 Å². The second-order valence-corrected chi connectivity index (χ2v) is 31.3. The van der Waals surface area contributed by atoms with Gasteiger partial charge in [0.05, 0.1) is 6.10 Å². The first-order chi connectivity index (χ1) is 49.7. The van der Waals surface area contributed by atoms with E-state index in [2.05, 4.69) is 86.4 Å². The third-order valence-electron chi connectivity index (χ3n) is 19.7. The topological polar surface area (TPSA) is 442 Å². The summed E-state index contributed by atoms with van der Waals surface area (Å²) in [4.78, 5) is 202. The van der Waals surface area contributed by atoms with E-state index >= 15 is 9.59 Å². The first-order valence-electron chi connectivity index (χ1n) is 37.6. The van der Waals surface area contributed by atoms with Gasteiger partial charge in [-0.1, -0.05) is 148 Å². The number of nitrogens with two attached hydrogens (primary N) is 1. The van der Waals surface area contributed by atoms with Crippen LogP contribution in [-0.4, -0.2) is 191 Å². The molecule has 0 radical (unpaired) electrons. The Balaban J connectivity index is 2.01. The normalized spacial score (nSPS) is 22.7. The van der Waals surface area contributed by atoms with E-state index in [0.29, 0.717) is 24.8 Å². The van der Waals surface area contributed by atoms with Gasteiger partial charge in [-0.15, -0.1) is 0 Å². The number of aliphatic hydroxyl groups excluding tert-OH is 1. The van der Waals surface area contributed by atoms with Crippen molar-refractivity contribution in [2.75, 3.05) is 13.1 Å². The highest BCUT2D eigenvalue weighted by Gasteiger charge is 2.45. The van der Waals surface area contributed by atoms with E-state index in [4.69, 9.17) is 10.5 Å². The molecule has 2 fully saturated rings. The van der Waals surface area contributed by atoms with Crippen LogP contribution < -0.4 is 69.5 Å². The first kappa shape index (κ1) is 92.4. The number of hydrogen-bond acceptors (Lipinski definition) is 17. The average Bonchev–Trinajstić information content (AvgIpc) is 1.52. The van der Waals surface area contributed by atoms with E-state index in [-0.39, 0.29) is 69.1 Å². The van der Waals surface area contributed by atoms with Crippen molar-refractivity contribution in [2.24, 2.45) is 53.1 Å². The number of halogens is 1. The minimum Gasteiger partial charge on any atom is -0.458 e. The van der Waals surface area contributed by atoms with Crippen LogP contribution in [0, 0.1) is 50.9 Å². The van der Waals surface area contributed by atoms with Crippen molar-refractivity contribution in [1.29, 1.82) is 0 Å². The monoisotopic (exact) mass is 1600 g/mol. The molecule has 31 heteroatoms. The molecule has 596 valence electrons. The molecule has 2 aliphatic rings. The Labute approximate surface area is 639 Å². The molecule has 2 saturated heterocycles. The van der Waals surface area contributed by atoms with E-state index in [0.717, 1.165) is 9.99 Å². The molecule has 2 aliphatic heterocycles. The van der Waals surface area contributed by atoms with Gasteiger partial charge < -0.3 is 84.3 Å². The molecule has 0 unspecified atom stereocenters. The van der Waals surface area contributed by atoms with Crippen LogP contribution in [0.4, 0.5) is 0 Å². The molecule has 3 rings (SSSR count). The highest BCUT2D eigenvalue weighted by molar-refractivity contribution is 14.1. The summed E-state index contributed by atoms with van der Waals surface area (Å²) in [5.74, 6) is -15.2. The van der Waals surface area contributed by atoms with Crippen LogP contribution in [0.2, 0.25) is 0 Å². The number of hydrogen-bond donors (Lipinski definition) is 14. The molecule has 30 nitrogen and oxygen atoms in total. The average molecular weight is 1600 g/mol. The smallest absolute Gasteiger partial charge is 0.329 e. The van der Waals surface area contributed by atoms with E-state index in [9.17, 15) is 62.6 Å². The first-order valence-corrected chi connectivity index (χ1v) is 38.7. The Bertz CT molecular complexity index is 3220. The fraction of sp³-hybridized carbons (Fsp3) is 0.707. The minimum absolute atomic E-state index is 0.0394. The summed E-state index contributed by atoms with van der Waals surface area (Å²) in [5.41, 5.74) is 6.34. The predicted octanol–water partition coefficient (Wildman–Crippen LogP) is 2.44. The zero-order valence-corrected chi connectivity index (χ0v) is 67.7. The molecule has 1 aromatic rings. The number of amides is 13. The van der Waals surface area contributed by atoms with Gasteiger partial charge >= 0.3 is 5.97 Å². The maximum atomic E-state index is 15.1. The lowest BCUT2D eigenvalue weighted by Gasteiger charge is -2.33. The van der Waals surface area contributed by atoms with Crippen molar-refractivity contribution in [3.8, 4) is 0 Å². The van der Waals surface area contributed by atoms with Crippen molar-refractivity contribution < 1.29 is 77.0 Å². The van der Waals surface area contributed by atoms with Crippen LogP contribution in [0.25, 0.3) is 0 Å². The molecule has 15 N–H and O–H groups in total. The van der Waals surface area contributed by atoms with Crippen LogP contribution >= 0.6 is 22.6 Å². The van der Waals surface area contributed by atoms with Crippen molar-refractivity contribution in [1.82, 2.24) is 68.7 Å². The number of cyclic esters (lactones) is 1. The minimum atomic E-state index is -1.83. The molecular formula is C75H123IN14O16. The number of benzene rings is 1. The standard InChI is InChI=1S/C75H123IN14O16/c1-20-42(15)28-33-53(92)81-54(37(5)6)68(98)88-61(45(18)91)72(102)83-56(39(9)10)69(99)84-57(40(11)12)74(104)90-35-25-27-52(90)66(96)79-50(26-24-34-77)64(94)86-59(43(16)21-2)71(101)89-62-46(19)106-75(105)58(41(13)14)85-63(93)49(23-4)78-65(95)51(36-47-29-31-48(76)32-30-47)80-67(97)55(38(7)8)82-70(100)60(44(17)22-3)87-73(62)103/h23,29-32,37-46,50-52,54-62,91H,20-22,24-28,33-36,77H2,1-19H3,(H,78,95)(H,79,96)(H,80,97)(H,81,92)(H,82,100)(H,83,102)(H,84,99)(H,85,93)(H,86,94)(H,87,103)(H,88,98)(H,89,101)/b49-23-/t42-,43+,44+,45+,46-,50-,51-,52+,54+,55+,56-,57+,58-,59+,60+,61-,62+/m0/s1. The molecule has 0 aliphatic carbocycles. The predicted molar refractivity (Wildman–Crippen MR) is 408 cm³/mol. The number of allylic oxidation sites excluding steroid dienone is 1. The Morgan fingerprint density at radius 3 is 1.69 bits per heavy atom. The van der Waals surface area contributed by atoms with Crippen LogP contribution in [0.3, 0.4) is 0 Å². The second-order valence-electron chi connectivity index (χ2n) is 30.1. The van der Waals surface area contributed by atoms with E-state index in [1.165, 1.54) is 31.7 Å². The third kappa shape index (κ3) is 27.8. The summed E-state index contributed by atoms with van der Waals surface area (Å²) < 4.78 is 6.88.